The molecule has 0 saturated carbocycles. The lowest BCUT2D eigenvalue weighted by Gasteiger charge is -2.00. The predicted molar refractivity (Wildman–Crippen MR) is 63.1 cm³/mol. The third-order valence-electron chi connectivity index (χ3n) is 2.76. The van der Waals surface area contributed by atoms with Gasteiger partial charge in [0.05, 0.1) is 10.9 Å². The minimum atomic E-state index is 0.325. The van der Waals surface area contributed by atoms with E-state index in [-0.39, 0.29) is 0 Å². The number of aryl methyl sites for hydroxylation is 1. The highest BCUT2D eigenvalue weighted by Gasteiger charge is 2.07. The van der Waals surface area contributed by atoms with Crippen molar-refractivity contribution in [1.29, 1.82) is 0 Å². The molecular weight excluding hydrogens is 202 g/mol. The first-order valence-corrected chi connectivity index (χ1v) is 5.22. The van der Waals surface area contributed by atoms with Crippen LogP contribution in [0.4, 0.5) is 5.88 Å². The average molecular weight is 213 g/mol. The van der Waals surface area contributed by atoms with Crippen LogP contribution in [0.3, 0.4) is 0 Å². The van der Waals surface area contributed by atoms with Crippen molar-refractivity contribution in [3.8, 4) is 0 Å². The van der Waals surface area contributed by atoms with Gasteiger partial charge in [-0.2, -0.15) is 0 Å². The van der Waals surface area contributed by atoms with Gasteiger partial charge in [-0.25, -0.2) is 4.98 Å². The summed E-state index contributed by atoms with van der Waals surface area (Å²) in [7, 11) is 0. The second kappa shape index (κ2) is 3.20. The summed E-state index contributed by atoms with van der Waals surface area (Å²) in [6.45, 7) is 2.13. The minimum absolute atomic E-state index is 0.325. The Kier molecular flexibility index (Phi) is 1.83. The van der Waals surface area contributed by atoms with Gasteiger partial charge in [0.1, 0.15) is 0 Å². The number of anilines is 1. The van der Waals surface area contributed by atoms with E-state index >= 15 is 0 Å². The molecule has 80 valence electrons. The summed E-state index contributed by atoms with van der Waals surface area (Å²) in [5.74, 6) is 0.325. The van der Waals surface area contributed by atoms with Gasteiger partial charge in [-0.3, -0.25) is 0 Å². The van der Waals surface area contributed by atoms with E-state index in [2.05, 4.69) is 29.2 Å². The molecule has 4 heteroatoms. The largest absolute Gasteiger partial charge is 0.367 e. The van der Waals surface area contributed by atoms with E-state index < -0.39 is 0 Å². The standard InChI is InChI=1S/C12H11N3O/c1-2-7-3-4-10-8(5-7)6-9-11(13)16-15-12(9)14-10/h3-6H,2,13H2,1H3. The van der Waals surface area contributed by atoms with E-state index in [1.54, 1.807) is 0 Å². The zero-order valence-corrected chi connectivity index (χ0v) is 8.90. The van der Waals surface area contributed by atoms with Crippen LogP contribution in [0.2, 0.25) is 0 Å². The van der Waals surface area contributed by atoms with Crippen molar-refractivity contribution in [2.24, 2.45) is 0 Å². The average Bonchev–Trinajstić information content (AvgIpc) is 2.67. The number of nitrogens with zero attached hydrogens (tertiary/aromatic N) is 2. The molecule has 1 aromatic carbocycles. The minimum Gasteiger partial charge on any atom is -0.367 e. The molecule has 3 aromatic rings. The lowest BCUT2D eigenvalue weighted by atomic mass is 10.1. The molecular formula is C12H11N3O. The molecule has 0 atom stereocenters. The Morgan fingerprint density at radius 1 is 1.31 bits per heavy atom. The van der Waals surface area contributed by atoms with Gasteiger partial charge in [0, 0.05) is 5.39 Å². The zero-order valence-electron chi connectivity index (χ0n) is 8.90. The lowest BCUT2D eigenvalue weighted by molar-refractivity contribution is 0.443. The second-order valence-corrected chi connectivity index (χ2v) is 3.79. The maximum absolute atomic E-state index is 5.67. The van der Waals surface area contributed by atoms with Gasteiger partial charge in [0.25, 0.3) is 0 Å². The molecule has 0 amide bonds. The van der Waals surface area contributed by atoms with E-state index in [0.29, 0.717) is 11.5 Å². The summed E-state index contributed by atoms with van der Waals surface area (Å²) in [5.41, 5.74) is 8.43. The Morgan fingerprint density at radius 2 is 2.19 bits per heavy atom. The molecule has 2 N–H and O–H groups in total. The molecule has 0 spiro atoms. The van der Waals surface area contributed by atoms with Crippen LogP contribution in [0.1, 0.15) is 12.5 Å². The van der Waals surface area contributed by atoms with Crippen LogP contribution in [-0.2, 0) is 6.42 Å². The Balaban J connectivity index is 2.39. The number of nitrogen functional groups attached to an aromatic ring is 1. The van der Waals surface area contributed by atoms with E-state index in [1.807, 2.05) is 12.1 Å². The van der Waals surface area contributed by atoms with E-state index in [1.165, 1.54) is 5.56 Å². The van der Waals surface area contributed by atoms with Crippen molar-refractivity contribution in [1.82, 2.24) is 10.1 Å². The number of benzene rings is 1. The summed E-state index contributed by atoms with van der Waals surface area (Å²) in [6.07, 6.45) is 1.01. The molecule has 16 heavy (non-hydrogen) atoms. The Hall–Kier alpha value is -2.10. The van der Waals surface area contributed by atoms with E-state index in [4.69, 9.17) is 10.3 Å². The van der Waals surface area contributed by atoms with Crippen molar-refractivity contribution in [3.63, 3.8) is 0 Å². The van der Waals surface area contributed by atoms with Gasteiger partial charge in [-0.15, -0.1) is 0 Å². The van der Waals surface area contributed by atoms with E-state index in [9.17, 15) is 0 Å². The molecule has 0 saturated heterocycles. The van der Waals surface area contributed by atoms with Gasteiger partial charge in [0.15, 0.2) is 0 Å². The smallest absolute Gasteiger partial charge is 0.231 e. The highest BCUT2D eigenvalue weighted by molar-refractivity contribution is 5.95. The molecule has 2 heterocycles. The van der Waals surface area contributed by atoms with Crippen molar-refractivity contribution < 1.29 is 4.52 Å². The maximum atomic E-state index is 5.67. The number of fused-ring (bicyclic) bond motifs is 2. The molecule has 4 nitrogen and oxygen atoms in total. The zero-order chi connectivity index (χ0) is 11.1. The molecule has 3 rings (SSSR count). The fourth-order valence-corrected chi connectivity index (χ4v) is 1.83. The van der Waals surface area contributed by atoms with Crippen LogP contribution in [0, 0.1) is 0 Å². The SMILES string of the molecule is CCc1ccc2nc3noc(N)c3cc2c1. The molecule has 0 fully saturated rings. The lowest BCUT2D eigenvalue weighted by Crippen LogP contribution is -1.86. The number of nitrogens with two attached hydrogens (primary N) is 1. The number of hydrogen-bond acceptors (Lipinski definition) is 4. The number of rotatable bonds is 1. The fraction of sp³-hybridized carbons (Fsp3) is 0.167. The van der Waals surface area contributed by atoms with Crippen LogP contribution in [0.25, 0.3) is 21.9 Å². The first-order valence-electron chi connectivity index (χ1n) is 5.22. The fourth-order valence-electron chi connectivity index (χ4n) is 1.83. The van der Waals surface area contributed by atoms with Gasteiger partial charge in [-0.05, 0) is 30.2 Å². The second-order valence-electron chi connectivity index (χ2n) is 3.79. The monoisotopic (exact) mass is 213 g/mol. The molecule has 2 aromatic heterocycles. The molecule has 0 aliphatic rings. The molecule has 0 aliphatic heterocycles. The highest BCUT2D eigenvalue weighted by Crippen LogP contribution is 2.24. The molecule has 0 bridgehead atoms. The third kappa shape index (κ3) is 1.23. The maximum Gasteiger partial charge on any atom is 0.231 e. The topological polar surface area (TPSA) is 64.9 Å². The highest BCUT2D eigenvalue weighted by atomic mass is 16.5. The van der Waals surface area contributed by atoms with Crippen LogP contribution in [0.15, 0.2) is 28.8 Å². The van der Waals surface area contributed by atoms with Crippen molar-refractivity contribution in [2.75, 3.05) is 5.73 Å². The Morgan fingerprint density at radius 3 is 3.00 bits per heavy atom. The summed E-state index contributed by atoms with van der Waals surface area (Å²) >= 11 is 0. The van der Waals surface area contributed by atoms with Crippen LogP contribution >= 0.6 is 0 Å². The van der Waals surface area contributed by atoms with Crippen LogP contribution < -0.4 is 5.73 Å². The molecule has 0 radical (unpaired) electrons. The van der Waals surface area contributed by atoms with Crippen LogP contribution in [-0.4, -0.2) is 10.1 Å². The number of pyridine rings is 1. The van der Waals surface area contributed by atoms with Crippen molar-refractivity contribution >= 4 is 27.8 Å². The van der Waals surface area contributed by atoms with Crippen molar-refractivity contribution in [2.45, 2.75) is 13.3 Å². The van der Waals surface area contributed by atoms with Crippen LogP contribution in [0.5, 0.6) is 0 Å². The van der Waals surface area contributed by atoms with Gasteiger partial charge >= 0.3 is 0 Å². The summed E-state index contributed by atoms with van der Waals surface area (Å²) in [6, 6.07) is 8.17. The van der Waals surface area contributed by atoms with Gasteiger partial charge in [-0.1, -0.05) is 18.1 Å². The normalized spacial score (nSPS) is 11.3. The van der Waals surface area contributed by atoms with Crippen molar-refractivity contribution in [3.05, 3.63) is 29.8 Å². The Bertz CT molecular complexity index is 672. The van der Waals surface area contributed by atoms with Gasteiger partial charge in [0.2, 0.25) is 11.5 Å². The number of aromatic nitrogens is 2. The van der Waals surface area contributed by atoms with E-state index in [0.717, 1.165) is 22.7 Å². The molecule has 0 unspecified atom stereocenters. The first-order chi connectivity index (χ1) is 7.78. The summed E-state index contributed by atoms with van der Waals surface area (Å²) in [4.78, 5) is 4.39. The third-order valence-corrected chi connectivity index (χ3v) is 2.76. The predicted octanol–water partition coefficient (Wildman–Crippen LogP) is 2.52. The molecule has 0 aliphatic carbocycles. The van der Waals surface area contributed by atoms with Gasteiger partial charge < -0.3 is 10.3 Å². The first kappa shape index (κ1) is 9.15. The summed E-state index contributed by atoms with van der Waals surface area (Å²) in [5, 5.41) is 5.65. The summed E-state index contributed by atoms with van der Waals surface area (Å²) < 4.78 is 4.91. The Labute approximate surface area is 92.0 Å². The number of hydrogen-bond donors (Lipinski definition) is 1. The quantitative estimate of drug-likeness (QED) is 0.674.